The predicted molar refractivity (Wildman–Crippen MR) is 58.1 cm³/mol. The third kappa shape index (κ3) is 3.17. The highest BCUT2D eigenvalue weighted by atomic mass is 16.5. The molecular weight excluding hydrogens is 190 g/mol. The van der Waals surface area contributed by atoms with Crippen molar-refractivity contribution in [2.45, 2.75) is 19.8 Å². The van der Waals surface area contributed by atoms with Gasteiger partial charge in [0, 0.05) is 6.07 Å². The van der Waals surface area contributed by atoms with Crippen LogP contribution >= 0.6 is 0 Å². The molecule has 1 rings (SSSR count). The zero-order chi connectivity index (χ0) is 11.1. The van der Waals surface area contributed by atoms with E-state index < -0.39 is 0 Å². The SMILES string of the molecule is CCCCOc1ccc(C#N)c(OC)c1. The number of nitrogens with zero attached hydrogens (tertiary/aromatic N) is 1. The van der Waals surface area contributed by atoms with Crippen molar-refractivity contribution in [1.29, 1.82) is 5.26 Å². The van der Waals surface area contributed by atoms with Crippen molar-refractivity contribution in [2.24, 2.45) is 0 Å². The zero-order valence-electron chi connectivity index (χ0n) is 9.12. The van der Waals surface area contributed by atoms with Gasteiger partial charge in [-0.1, -0.05) is 13.3 Å². The highest BCUT2D eigenvalue weighted by molar-refractivity contribution is 5.47. The van der Waals surface area contributed by atoms with Crippen LogP contribution in [0.1, 0.15) is 25.3 Å². The highest BCUT2D eigenvalue weighted by Gasteiger charge is 2.03. The predicted octanol–water partition coefficient (Wildman–Crippen LogP) is 2.75. The number of hydrogen-bond donors (Lipinski definition) is 0. The van der Waals surface area contributed by atoms with Gasteiger partial charge in [0.2, 0.25) is 0 Å². The van der Waals surface area contributed by atoms with Gasteiger partial charge < -0.3 is 9.47 Å². The molecule has 0 saturated carbocycles. The fraction of sp³-hybridized carbons (Fsp3) is 0.417. The quantitative estimate of drug-likeness (QED) is 0.694. The number of nitriles is 1. The summed E-state index contributed by atoms with van der Waals surface area (Å²) in [5.74, 6) is 1.31. The van der Waals surface area contributed by atoms with Gasteiger partial charge in [-0.25, -0.2) is 0 Å². The molecule has 1 aromatic carbocycles. The average Bonchev–Trinajstić information content (AvgIpc) is 2.29. The molecule has 0 saturated heterocycles. The van der Waals surface area contributed by atoms with Crippen LogP contribution in [-0.2, 0) is 0 Å². The van der Waals surface area contributed by atoms with Crippen molar-refractivity contribution < 1.29 is 9.47 Å². The van der Waals surface area contributed by atoms with Crippen molar-refractivity contribution in [3.8, 4) is 17.6 Å². The number of rotatable bonds is 5. The number of unbranched alkanes of at least 4 members (excludes halogenated alkanes) is 1. The highest BCUT2D eigenvalue weighted by Crippen LogP contribution is 2.23. The number of hydrogen-bond acceptors (Lipinski definition) is 3. The second kappa shape index (κ2) is 5.92. The van der Waals surface area contributed by atoms with Gasteiger partial charge in [-0.3, -0.25) is 0 Å². The molecule has 0 aromatic heterocycles. The Morgan fingerprint density at radius 1 is 1.40 bits per heavy atom. The fourth-order valence-electron chi connectivity index (χ4n) is 1.19. The Bertz CT molecular complexity index is 355. The summed E-state index contributed by atoms with van der Waals surface area (Å²) in [6.07, 6.45) is 2.13. The minimum atomic E-state index is 0.528. The molecule has 3 heteroatoms. The van der Waals surface area contributed by atoms with Crippen LogP contribution in [0.15, 0.2) is 18.2 Å². The van der Waals surface area contributed by atoms with E-state index in [0.717, 1.165) is 18.6 Å². The normalized spacial score (nSPS) is 9.40. The van der Waals surface area contributed by atoms with Gasteiger partial charge in [0.1, 0.15) is 17.6 Å². The minimum Gasteiger partial charge on any atom is -0.495 e. The van der Waals surface area contributed by atoms with Crippen molar-refractivity contribution in [2.75, 3.05) is 13.7 Å². The molecule has 0 amide bonds. The Morgan fingerprint density at radius 2 is 2.20 bits per heavy atom. The molecule has 0 aliphatic carbocycles. The second-order valence-electron chi connectivity index (χ2n) is 3.18. The second-order valence-corrected chi connectivity index (χ2v) is 3.18. The van der Waals surface area contributed by atoms with Gasteiger partial charge >= 0.3 is 0 Å². The molecule has 0 spiro atoms. The molecule has 15 heavy (non-hydrogen) atoms. The fourth-order valence-corrected chi connectivity index (χ4v) is 1.19. The first kappa shape index (κ1) is 11.4. The molecule has 0 atom stereocenters. The number of methoxy groups -OCH3 is 1. The lowest BCUT2D eigenvalue weighted by Gasteiger charge is -2.07. The molecule has 0 aliphatic rings. The minimum absolute atomic E-state index is 0.528. The number of benzene rings is 1. The van der Waals surface area contributed by atoms with Crippen molar-refractivity contribution in [1.82, 2.24) is 0 Å². The summed E-state index contributed by atoms with van der Waals surface area (Å²) in [6.45, 7) is 2.81. The molecule has 0 aliphatic heterocycles. The van der Waals surface area contributed by atoms with E-state index >= 15 is 0 Å². The maximum absolute atomic E-state index is 8.78. The summed E-state index contributed by atoms with van der Waals surface area (Å²) in [5, 5.41) is 8.78. The molecule has 0 bridgehead atoms. The first-order valence-electron chi connectivity index (χ1n) is 5.02. The molecule has 0 fully saturated rings. The monoisotopic (exact) mass is 205 g/mol. The smallest absolute Gasteiger partial charge is 0.140 e. The van der Waals surface area contributed by atoms with Crippen LogP contribution in [0.4, 0.5) is 0 Å². The lowest BCUT2D eigenvalue weighted by molar-refractivity contribution is 0.307. The van der Waals surface area contributed by atoms with E-state index in [9.17, 15) is 0 Å². The van der Waals surface area contributed by atoms with E-state index in [1.807, 2.05) is 0 Å². The van der Waals surface area contributed by atoms with Gasteiger partial charge in [0.05, 0.1) is 19.3 Å². The van der Waals surface area contributed by atoms with Crippen LogP contribution in [0.25, 0.3) is 0 Å². The summed E-state index contributed by atoms with van der Waals surface area (Å²) in [5.41, 5.74) is 0.528. The van der Waals surface area contributed by atoms with Crippen LogP contribution in [0.2, 0.25) is 0 Å². The molecular formula is C12H15NO2. The largest absolute Gasteiger partial charge is 0.495 e. The zero-order valence-corrected chi connectivity index (χ0v) is 9.12. The Morgan fingerprint density at radius 3 is 2.80 bits per heavy atom. The van der Waals surface area contributed by atoms with E-state index in [1.165, 1.54) is 0 Å². The van der Waals surface area contributed by atoms with E-state index in [-0.39, 0.29) is 0 Å². The van der Waals surface area contributed by atoms with Gasteiger partial charge in [-0.15, -0.1) is 0 Å². The first-order valence-corrected chi connectivity index (χ1v) is 5.02. The molecule has 3 nitrogen and oxygen atoms in total. The summed E-state index contributed by atoms with van der Waals surface area (Å²) in [6, 6.07) is 7.30. The van der Waals surface area contributed by atoms with E-state index in [2.05, 4.69) is 13.0 Å². The van der Waals surface area contributed by atoms with Gasteiger partial charge in [-0.2, -0.15) is 5.26 Å². The van der Waals surface area contributed by atoms with Gasteiger partial charge in [0.25, 0.3) is 0 Å². The third-order valence-electron chi connectivity index (χ3n) is 2.06. The maximum Gasteiger partial charge on any atom is 0.140 e. The van der Waals surface area contributed by atoms with E-state index in [0.29, 0.717) is 17.9 Å². The first-order chi connectivity index (χ1) is 7.31. The Hall–Kier alpha value is -1.69. The standard InChI is InChI=1S/C12H15NO2/c1-3-4-7-15-11-6-5-10(9-13)12(8-11)14-2/h5-6,8H,3-4,7H2,1-2H3. The van der Waals surface area contributed by atoms with Crippen LogP contribution in [-0.4, -0.2) is 13.7 Å². The van der Waals surface area contributed by atoms with Crippen LogP contribution in [0.3, 0.4) is 0 Å². The summed E-state index contributed by atoms with van der Waals surface area (Å²) in [7, 11) is 1.55. The van der Waals surface area contributed by atoms with Crippen LogP contribution < -0.4 is 9.47 Å². The van der Waals surface area contributed by atoms with Crippen molar-refractivity contribution in [3.63, 3.8) is 0 Å². The molecule has 0 unspecified atom stereocenters. The van der Waals surface area contributed by atoms with Crippen LogP contribution in [0, 0.1) is 11.3 Å². The molecule has 0 N–H and O–H groups in total. The Balaban J connectivity index is 2.71. The topological polar surface area (TPSA) is 42.2 Å². The lowest BCUT2D eigenvalue weighted by Crippen LogP contribution is -1.97. The lowest BCUT2D eigenvalue weighted by atomic mass is 10.2. The van der Waals surface area contributed by atoms with Gasteiger partial charge in [0.15, 0.2) is 0 Å². The van der Waals surface area contributed by atoms with E-state index in [1.54, 1.807) is 25.3 Å². The third-order valence-corrected chi connectivity index (χ3v) is 2.06. The van der Waals surface area contributed by atoms with Crippen molar-refractivity contribution >= 4 is 0 Å². The summed E-state index contributed by atoms with van der Waals surface area (Å²) in [4.78, 5) is 0. The molecule has 0 heterocycles. The maximum atomic E-state index is 8.78. The van der Waals surface area contributed by atoms with Crippen LogP contribution in [0.5, 0.6) is 11.5 Å². The Labute approximate surface area is 90.2 Å². The Kier molecular flexibility index (Phi) is 4.49. The van der Waals surface area contributed by atoms with E-state index in [4.69, 9.17) is 14.7 Å². The molecule has 0 radical (unpaired) electrons. The molecule has 1 aromatic rings. The number of ether oxygens (including phenoxy) is 2. The van der Waals surface area contributed by atoms with Gasteiger partial charge in [-0.05, 0) is 18.6 Å². The molecule has 80 valence electrons. The van der Waals surface area contributed by atoms with Crippen molar-refractivity contribution in [3.05, 3.63) is 23.8 Å². The summed E-state index contributed by atoms with van der Waals surface area (Å²) >= 11 is 0. The summed E-state index contributed by atoms with van der Waals surface area (Å²) < 4.78 is 10.6. The average molecular weight is 205 g/mol.